The Labute approximate surface area is 173 Å². The Morgan fingerprint density at radius 2 is 1.97 bits per heavy atom. The van der Waals surface area contributed by atoms with Gasteiger partial charge in [0.05, 0.1) is 10.4 Å². The molecule has 4 N–H and O–H groups in total. The van der Waals surface area contributed by atoms with E-state index in [1.54, 1.807) is 6.20 Å². The van der Waals surface area contributed by atoms with Crippen molar-refractivity contribution in [3.8, 4) is 0 Å². The van der Waals surface area contributed by atoms with Crippen LogP contribution in [0.4, 0.5) is 17.1 Å². The maximum atomic E-state index is 11.2. The van der Waals surface area contributed by atoms with Crippen LogP contribution in [-0.2, 0) is 0 Å². The van der Waals surface area contributed by atoms with Gasteiger partial charge in [-0.05, 0) is 48.4 Å². The number of pyridine rings is 1. The van der Waals surface area contributed by atoms with Crippen LogP contribution >= 0.6 is 10.8 Å². The second-order valence-corrected chi connectivity index (χ2v) is 8.43. The summed E-state index contributed by atoms with van der Waals surface area (Å²) in [7, 11) is -3.62. The molecule has 0 fully saturated rings. The van der Waals surface area contributed by atoms with Crippen LogP contribution in [0.15, 0.2) is 58.7 Å². The largest absolute Gasteiger partial charge is 0.384 e. The van der Waals surface area contributed by atoms with Crippen molar-refractivity contribution in [2.75, 3.05) is 18.4 Å². The average Bonchev–Trinajstić information content (AvgIpc) is 2.72. The van der Waals surface area contributed by atoms with E-state index in [1.807, 2.05) is 31.2 Å². The lowest BCUT2D eigenvalue weighted by atomic mass is 10.1. The number of aryl methyl sites for hydroxylation is 1. The van der Waals surface area contributed by atoms with Crippen LogP contribution in [0.3, 0.4) is 0 Å². The quantitative estimate of drug-likeness (QED) is 0.161. The minimum atomic E-state index is -3.62. The summed E-state index contributed by atoms with van der Waals surface area (Å²) >= 11 is 0. The second-order valence-electron chi connectivity index (χ2n) is 6.60. The maximum absolute atomic E-state index is 11.2. The first-order valence-electron chi connectivity index (χ1n) is 9.06. The number of nitroso groups, excluding NO2 is 1. The van der Waals surface area contributed by atoms with Gasteiger partial charge < -0.3 is 5.32 Å². The van der Waals surface area contributed by atoms with E-state index < -0.39 is 21.4 Å². The summed E-state index contributed by atoms with van der Waals surface area (Å²) in [5.74, 6) is 0. The van der Waals surface area contributed by atoms with Crippen molar-refractivity contribution in [2.45, 2.75) is 18.2 Å². The number of rotatable bonds is 9. The minimum absolute atomic E-state index is 0.162. The van der Waals surface area contributed by atoms with Crippen molar-refractivity contribution >= 4 is 38.7 Å². The molecule has 0 aliphatic heterocycles. The summed E-state index contributed by atoms with van der Waals surface area (Å²) in [5, 5.41) is 18.1. The molecule has 2 aromatic carbocycles. The molecule has 0 unspecified atom stereocenters. The molecule has 0 aliphatic rings. The third kappa shape index (κ3) is 4.89. The fourth-order valence-corrected chi connectivity index (χ4v) is 4.23. The topological polar surface area (TPSA) is 150 Å². The zero-order chi connectivity index (χ0) is 21.7. The molecule has 0 amide bonds. The number of benzene rings is 2. The van der Waals surface area contributed by atoms with Crippen molar-refractivity contribution in [3.05, 3.63) is 69.2 Å². The first kappa shape index (κ1) is 21.6. The minimum Gasteiger partial charge on any atom is -0.384 e. The number of hydrogen-bond acceptors (Lipinski definition) is 9. The highest BCUT2D eigenvalue weighted by Crippen LogP contribution is 2.49. The van der Waals surface area contributed by atoms with E-state index in [-0.39, 0.29) is 17.1 Å². The predicted molar refractivity (Wildman–Crippen MR) is 117 cm³/mol. The molecule has 0 atom stereocenters. The van der Waals surface area contributed by atoms with E-state index in [9.17, 15) is 24.1 Å². The number of aromatic nitrogens is 1. The lowest BCUT2D eigenvalue weighted by Crippen LogP contribution is -2.23. The van der Waals surface area contributed by atoms with E-state index in [4.69, 9.17) is 0 Å². The number of anilines is 1. The molecule has 0 radical (unpaired) electrons. The number of nitrogens with zero attached hydrogens (tertiary/aromatic N) is 3. The van der Waals surface area contributed by atoms with Gasteiger partial charge in [0.15, 0.2) is 4.90 Å². The van der Waals surface area contributed by atoms with Crippen LogP contribution in [-0.4, -0.2) is 32.1 Å². The third-order valence-electron chi connectivity index (χ3n) is 4.42. The monoisotopic (exact) mass is 431 g/mol. The van der Waals surface area contributed by atoms with Gasteiger partial charge in [-0.25, -0.2) is 4.72 Å². The predicted octanol–water partition coefficient (Wildman–Crippen LogP) is 4.97. The Morgan fingerprint density at radius 3 is 2.70 bits per heavy atom. The lowest BCUT2D eigenvalue weighted by molar-refractivity contribution is -0.387. The highest BCUT2D eigenvalue weighted by Gasteiger charge is 2.26. The van der Waals surface area contributed by atoms with Gasteiger partial charge in [0, 0.05) is 36.4 Å². The molecule has 1 heterocycles. The molecule has 11 heteroatoms. The van der Waals surface area contributed by atoms with Crippen molar-refractivity contribution in [1.29, 1.82) is 0 Å². The van der Waals surface area contributed by atoms with Gasteiger partial charge in [-0.3, -0.25) is 24.2 Å². The molecule has 0 saturated heterocycles. The summed E-state index contributed by atoms with van der Waals surface area (Å²) < 4.78 is 23.3. The molecule has 0 aliphatic carbocycles. The van der Waals surface area contributed by atoms with Crippen LogP contribution in [0.5, 0.6) is 0 Å². The third-order valence-corrected chi connectivity index (χ3v) is 5.99. The highest BCUT2D eigenvalue weighted by molar-refractivity contribution is 8.22. The SMILES string of the molecule is Cc1ccc2c(NCCCNS(O)(O)c3ccc(N=O)cc3[N+](=O)[O-])ccnc2c1. The Balaban J connectivity index is 1.60. The molecule has 30 heavy (non-hydrogen) atoms. The van der Waals surface area contributed by atoms with Crippen LogP contribution in [0.1, 0.15) is 12.0 Å². The summed E-state index contributed by atoms with van der Waals surface area (Å²) in [6.07, 6.45) is 2.24. The first-order chi connectivity index (χ1) is 14.3. The zero-order valence-corrected chi connectivity index (χ0v) is 16.9. The van der Waals surface area contributed by atoms with E-state index in [1.165, 1.54) is 6.07 Å². The maximum Gasteiger partial charge on any atom is 0.296 e. The number of nitro benzene ring substituents is 1. The Morgan fingerprint density at radius 1 is 1.17 bits per heavy atom. The molecule has 0 saturated carbocycles. The smallest absolute Gasteiger partial charge is 0.296 e. The van der Waals surface area contributed by atoms with Gasteiger partial charge in [-0.2, -0.15) is 0 Å². The standard InChI is InChI=1S/C19H21N5O5S/c1-13-3-5-15-16(7-10-21-17(15)11-13)20-8-2-9-22-30(28,29)19-6-4-14(23-25)12-18(19)24(26)27/h3-7,10-12,22,28-29H,2,8-9H2,1H3,(H,20,21). The number of nitrogens with one attached hydrogen (secondary N) is 2. The molecule has 10 nitrogen and oxygen atoms in total. The number of fused-ring (bicyclic) bond motifs is 1. The van der Waals surface area contributed by atoms with Crippen molar-refractivity contribution in [3.63, 3.8) is 0 Å². The van der Waals surface area contributed by atoms with Crippen LogP contribution < -0.4 is 10.0 Å². The molecular formula is C19H21N5O5S. The summed E-state index contributed by atoms with van der Waals surface area (Å²) in [6.45, 7) is 2.73. The van der Waals surface area contributed by atoms with Crippen LogP contribution in [0, 0.1) is 21.9 Å². The molecule has 0 spiro atoms. The van der Waals surface area contributed by atoms with Crippen molar-refractivity contribution < 1.29 is 14.0 Å². The van der Waals surface area contributed by atoms with Gasteiger partial charge in [0.25, 0.3) is 5.69 Å². The average molecular weight is 431 g/mol. The molecule has 3 rings (SSSR count). The summed E-state index contributed by atoms with van der Waals surface area (Å²) in [4.78, 5) is 25.1. The lowest BCUT2D eigenvalue weighted by Gasteiger charge is -2.32. The molecular weight excluding hydrogens is 410 g/mol. The van der Waals surface area contributed by atoms with Crippen molar-refractivity contribution in [2.24, 2.45) is 5.18 Å². The van der Waals surface area contributed by atoms with Crippen molar-refractivity contribution in [1.82, 2.24) is 9.71 Å². The fraction of sp³-hybridized carbons (Fsp3) is 0.211. The molecule has 0 bridgehead atoms. The Hall–Kier alpha value is -3.12. The fourth-order valence-electron chi connectivity index (χ4n) is 2.96. The Bertz CT molecular complexity index is 1090. The van der Waals surface area contributed by atoms with E-state index in [0.717, 1.165) is 34.3 Å². The second kappa shape index (κ2) is 9.13. The number of hydrogen-bond donors (Lipinski definition) is 4. The van der Waals surface area contributed by atoms with E-state index in [0.29, 0.717) is 13.0 Å². The molecule has 1 aromatic heterocycles. The van der Waals surface area contributed by atoms with Gasteiger partial charge in [-0.15, -0.1) is 15.7 Å². The van der Waals surface area contributed by atoms with E-state index >= 15 is 0 Å². The van der Waals surface area contributed by atoms with Gasteiger partial charge >= 0.3 is 0 Å². The Kier molecular flexibility index (Phi) is 6.57. The molecule has 158 valence electrons. The highest BCUT2D eigenvalue weighted by atomic mass is 32.3. The summed E-state index contributed by atoms with van der Waals surface area (Å²) in [6, 6.07) is 11.1. The van der Waals surface area contributed by atoms with Gasteiger partial charge in [0.2, 0.25) is 0 Å². The van der Waals surface area contributed by atoms with Gasteiger partial charge in [0.1, 0.15) is 5.69 Å². The number of nitro groups is 1. The normalized spacial score (nSPS) is 12.0. The van der Waals surface area contributed by atoms with Crippen LogP contribution in [0.2, 0.25) is 0 Å². The van der Waals surface area contributed by atoms with Crippen LogP contribution in [0.25, 0.3) is 10.9 Å². The summed E-state index contributed by atoms with van der Waals surface area (Å²) in [5.41, 5.74) is 2.18. The van der Waals surface area contributed by atoms with E-state index in [2.05, 4.69) is 20.2 Å². The van der Waals surface area contributed by atoms with Gasteiger partial charge in [-0.1, -0.05) is 12.1 Å². The molecule has 3 aromatic rings. The zero-order valence-electron chi connectivity index (χ0n) is 16.1. The first-order valence-corrected chi connectivity index (χ1v) is 10.6.